The van der Waals surface area contributed by atoms with E-state index in [0.717, 1.165) is 30.4 Å². The number of aliphatic imine (C=N–C) groups is 1. The Balaban J connectivity index is 1.51. The maximum Gasteiger partial charge on any atom is 0.354 e. The van der Waals surface area contributed by atoms with E-state index < -0.39 is 11.5 Å². The summed E-state index contributed by atoms with van der Waals surface area (Å²) in [6, 6.07) is 14.7. The van der Waals surface area contributed by atoms with E-state index in [-0.39, 0.29) is 35.5 Å². The summed E-state index contributed by atoms with van der Waals surface area (Å²) in [7, 11) is 0. The van der Waals surface area contributed by atoms with Gasteiger partial charge in [-0.2, -0.15) is 10.2 Å². The number of aromatic amines is 1. The van der Waals surface area contributed by atoms with Crippen LogP contribution < -0.4 is 28.2 Å². The zero-order valence-corrected chi connectivity index (χ0v) is 25.0. The summed E-state index contributed by atoms with van der Waals surface area (Å²) in [6.45, 7) is 4.59. The first-order valence-corrected chi connectivity index (χ1v) is 14.6. The zero-order chi connectivity index (χ0) is 31.1. The van der Waals surface area contributed by atoms with Crippen LogP contribution in [0.3, 0.4) is 0 Å². The molecule has 3 atom stereocenters. The number of H-pyrrole nitrogens is 1. The van der Waals surface area contributed by atoms with Crippen molar-refractivity contribution in [3.8, 4) is 23.0 Å². The van der Waals surface area contributed by atoms with Crippen molar-refractivity contribution in [3.05, 3.63) is 81.1 Å². The number of halogens is 2. The van der Waals surface area contributed by atoms with E-state index in [1.807, 2.05) is 38.1 Å². The minimum absolute atomic E-state index is 0.0109. The van der Waals surface area contributed by atoms with Gasteiger partial charge in [-0.1, -0.05) is 23.7 Å². The van der Waals surface area contributed by atoms with Gasteiger partial charge in [-0.25, -0.2) is 14.2 Å². The number of aryl methyl sites for hydroxylation is 1. The third-order valence-corrected chi connectivity index (χ3v) is 7.54. The average molecular weight is 606 g/mol. The number of aromatic nitrogens is 3. The summed E-state index contributed by atoms with van der Waals surface area (Å²) in [4.78, 5) is 24.3. The molecule has 0 radical (unpaired) electrons. The fourth-order valence-corrected chi connectivity index (χ4v) is 5.22. The van der Waals surface area contributed by atoms with Crippen LogP contribution in [0, 0.1) is 17.1 Å². The Bertz CT molecular complexity index is 1680. The van der Waals surface area contributed by atoms with Crippen molar-refractivity contribution in [1.29, 1.82) is 5.26 Å². The van der Waals surface area contributed by atoms with E-state index >= 15 is 4.39 Å². The lowest BCUT2D eigenvalue weighted by Crippen LogP contribution is -2.28. The first-order valence-electron chi connectivity index (χ1n) is 14.2. The van der Waals surface area contributed by atoms with Crippen LogP contribution in [-0.2, 0) is 6.42 Å². The van der Waals surface area contributed by atoms with E-state index in [4.69, 9.17) is 34.1 Å². The molecule has 0 spiro atoms. The smallest absolute Gasteiger partial charge is 0.354 e. The van der Waals surface area contributed by atoms with E-state index in [1.165, 1.54) is 4.57 Å². The zero-order valence-electron chi connectivity index (χ0n) is 24.3. The molecule has 2 aromatic heterocycles. The Morgan fingerprint density at radius 2 is 1.95 bits per heavy atom. The van der Waals surface area contributed by atoms with E-state index in [1.54, 1.807) is 24.4 Å². The monoisotopic (exact) mass is 605 g/mol. The van der Waals surface area contributed by atoms with Crippen molar-refractivity contribution in [2.45, 2.75) is 64.1 Å². The Kier molecular flexibility index (Phi) is 10.5. The second-order valence-corrected chi connectivity index (χ2v) is 11.2. The van der Waals surface area contributed by atoms with Gasteiger partial charge in [0.2, 0.25) is 0 Å². The lowest BCUT2D eigenvalue weighted by molar-refractivity contribution is 0.518. The molecular weight excluding hydrogens is 569 g/mol. The second-order valence-electron chi connectivity index (χ2n) is 10.8. The molecule has 226 valence electrons. The Morgan fingerprint density at radius 3 is 2.63 bits per heavy atom. The molecule has 0 aliphatic heterocycles. The summed E-state index contributed by atoms with van der Waals surface area (Å²) in [6.07, 6.45) is 4.98. The van der Waals surface area contributed by atoms with Gasteiger partial charge in [0.15, 0.2) is 11.8 Å². The number of guanidine groups is 1. The number of hydrogen-bond donors (Lipinski definition) is 5. The summed E-state index contributed by atoms with van der Waals surface area (Å²) < 4.78 is 16.5. The van der Waals surface area contributed by atoms with Gasteiger partial charge < -0.3 is 27.5 Å². The number of rotatable bonds is 13. The van der Waals surface area contributed by atoms with Gasteiger partial charge in [0.25, 0.3) is 0 Å². The van der Waals surface area contributed by atoms with Crippen molar-refractivity contribution in [2.24, 2.45) is 22.2 Å². The predicted octanol–water partition coefficient (Wildman–Crippen LogP) is 4.44. The quantitative estimate of drug-likeness (QED) is 0.110. The van der Waals surface area contributed by atoms with Crippen LogP contribution in [0.15, 0.2) is 58.4 Å². The molecule has 4 aromatic rings. The normalized spacial score (nSPS) is 13.4. The standard InChI is InChI=1S/C31H37ClFN9O/c1-18(35)4-3-5-20-14-25(28(33)26(32)15-20)27-16-22-17-42(31(43)41-29(22)40-27)24-8-6-21(7-9-24)19(2)38-13-11-23(10-12-34)39-30(36)37/h6-9,14-19,23,38H,3-5,10-11,13,35H2,1-2H3,(H4,36,37,39)(H,40,41,43)/t18-,19-,23-/m0/s1. The number of benzene rings is 2. The van der Waals surface area contributed by atoms with Gasteiger partial charge in [0, 0.05) is 29.2 Å². The molecule has 0 fully saturated rings. The SMILES string of the molecule is C[C@H](N)CCCc1cc(Cl)c(F)c(-c2cc3cn(-c4ccc([C@H](C)NCC[C@H](CC#N)N=C(N)N)cc4)c(=O)nc3[nH]2)c1. The molecule has 0 unspecified atom stereocenters. The van der Waals surface area contributed by atoms with Crippen molar-refractivity contribution in [1.82, 2.24) is 19.9 Å². The van der Waals surface area contributed by atoms with Crippen LogP contribution in [0.4, 0.5) is 4.39 Å². The topological polar surface area (TPSA) is 177 Å². The largest absolute Gasteiger partial charge is 0.370 e. The van der Waals surface area contributed by atoms with Gasteiger partial charge in [-0.3, -0.25) is 4.57 Å². The molecule has 0 amide bonds. The molecule has 2 aromatic carbocycles. The van der Waals surface area contributed by atoms with Crippen LogP contribution >= 0.6 is 11.6 Å². The van der Waals surface area contributed by atoms with Crippen LogP contribution in [0.1, 0.15) is 56.7 Å². The Morgan fingerprint density at radius 1 is 1.21 bits per heavy atom. The summed E-state index contributed by atoms with van der Waals surface area (Å²) in [5, 5.41) is 13.1. The van der Waals surface area contributed by atoms with Crippen LogP contribution in [0.2, 0.25) is 5.02 Å². The van der Waals surface area contributed by atoms with E-state index in [2.05, 4.69) is 26.3 Å². The van der Waals surface area contributed by atoms with Gasteiger partial charge >= 0.3 is 5.69 Å². The van der Waals surface area contributed by atoms with Crippen molar-refractivity contribution < 1.29 is 4.39 Å². The number of hydrogen-bond acceptors (Lipinski definition) is 6. The summed E-state index contributed by atoms with van der Waals surface area (Å²) in [5.41, 5.74) is 20.1. The Hall–Kier alpha value is -4.24. The molecule has 43 heavy (non-hydrogen) atoms. The minimum atomic E-state index is -0.533. The number of nitrogens with one attached hydrogen (secondary N) is 2. The third kappa shape index (κ3) is 8.20. The first-order chi connectivity index (χ1) is 20.5. The second kappa shape index (κ2) is 14.3. The van der Waals surface area contributed by atoms with Crippen LogP contribution in [0.25, 0.3) is 28.0 Å². The molecule has 4 rings (SSSR count). The number of nitriles is 1. The van der Waals surface area contributed by atoms with E-state index in [0.29, 0.717) is 40.9 Å². The molecular formula is C31H37ClFN9O. The molecule has 12 heteroatoms. The first kappa shape index (κ1) is 31.7. The lowest BCUT2D eigenvalue weighted by Gasteiger charge is -2.16. The minimum Gasteiger partial charge on any atom is -0.370 e. The predicted molar refractivity (Wildman–Crippen MR) is 170 cm³/mol. The molecule has 0 bridgehead atoms. The highest BCUT2D eigenvalue weighted by Crippen LogP contribution is 2.31. The average Bonchev–Trinajstić information content (AvgIpc) is 3.36. The highest BCUT2D eigenvalue weighted by molar-refractivity contribution is 6.31. The van der Waals surface area contributed by atoms with Gasteiger partial charge in [0.05, 0.1) is 34.9 Å². The summed E-state index contributed by atoms with van der Waals surface area (Å²) >= 11 is 6.23. The highest BCUT2D eigenvalue weighted by Gasteiger charge is 2.16. The number of nitrogens with two attached hydrogens (primary N) is 3. The van der Waals surface area contributed by atoms with Crippen LogP contribution in [-0.4, -0.2) is 39.1 Å². The molecule has 0 saturated heterocycles. The Labute approximate surface area is 254 Å². The fraction of sp³-hybridized carbons (Fsp3) is 0.355. The van der Waals surface area contributed by atoms with E-state index in [9.17, 15) is 4.79 Å². The molecule has 0 aliphatic rings. The van der Waals surface area contributed by atoms with Crippen LogP contribution in [0.5, 0.6) is 0 Å². The molecule has 8 N–H and O–H groups in total. The lowest BCUT2D eigenvalue weighted by atomic mass is 10.0. The summed E-state index contributed by atoms with van der Waals surface area (Å²) in [5.74, 6) is -0.563. The fourth-order valence-electron chi connectivity index (χ4n) is 4.97. The number of nitrogens with zero attached hydrogens (tertiary/aromatic N) is 4. The highest BCUT2D eigenvalue weighted by atomic mass is 35.5. The van der Waals surface area contributed by atoms with Crippen molar-refractivity contribution >= 4 is 28.6 Å². The number of fused-ring (bicyclic) bond motifs is 1. The molecule has 2 heterocycles. The maximum atomic E-state index is 15.1. The molecule has 0 aliphatic carbocycles. The molecule has 0 saturated carbocycles. The van der Waals surface area contributed by atoms with Crippen molar-refractivity contribution in [3.63, 3.8) is 0 Å². The molecule has 10 nitrogen and oxygen atoms in total. The maximum absolute atomic E-state index is 15.1. The van der Waals surface area contributed by atoms with Crippen molar-refractivity contribution in [2.75, 3.05) is 6.54 Å². The van der Waals surface area contributed by atoms with Gasteiger partial charge in [-0.15, -0.1) is 0 Å². The van der Waals surface area contributed by atoms with Gasteiger partial charge in [0.1, 0.15) is 5.65 Å². The van der Waals surface area contributed by atoms with Gasteiger partial charge in [-0.05, 0) is 87.5 Å². The third-order valence-electron chi connectivity index (χ3n) is 7.27.